The number of ketones is 1. The normalized spacial score (nSPS) is 13.2. The molecule has 0 N–H and O–H groups in total. The lowest BCUT2D eigenvalue weighted by molar-refractivity contribution is -0.683. The maximum absolute atomic E-state index is 14.2. The van der Waals surface area contributed by atoms with Crippen molar-refractivity contribution in [3.8, 4) is 11.6 Å². The first-order valence-electron chi connectivity index (χ1n) is 23.0. The zero-order chi connectivity index (χ0) is 61.7. The van der Waals surface area contributed by atoms with E-state index in [1.165, 1.54) is 0 Å². The molecule has 0 bridgehead atoms. The Hall–Kier alpha value is -8.27. The van der Waals surface area contributed by atoms with Crippen molar-refractivity contribution >= 4 is 44.6 Å². The molecule has 0 atom stereocenters. The number of rotatable bonds is 9. The van der Waals surface area contributed by atoms with Crippen molar-refractivity contribution in [1.82, 2.24) is 4.98 Å². The quantitative estimate of drug-likeness (QED) is 0.0626. The number of hydrogen-bond acceptors (Lipinski definition) is 3. The van der Waals surface area contributed by atoms with E-state index in [9.17, 15) is 110 Å². The molecule has 1 aromatic heterocycles. The lowest BCUT2D eigenvalue weighted by Crippen LogP contribution is -2.75. The summed E-state index contributed by atoms with van der Waals surface area (Å²) in [7, 11) is 0. The molecule has 0 radical (unpaired) electrons. The highest BCUT2D eigenvalue weighted by molar-refractivity contribution is 7.20. The van der Waals surface area contributed by atoms with Crippen LogP contribution < -0.4 is 31.2 Å². The predicted octanol–water partition coefficient (Wildman–Crippen LogP) is 15.4. The number of halogens is 24. The van der Waals surface area contributed by atoms with Gasteiger partial charge in [-0.25, -0.2) is 4.98 Å². The molecule has 8 rings (SSSR count). The second-order valence-corrected chi connectivity index (χ2v) is 18.2. The summed E-state index contributed by atoms with van der Waals surface area (Å²) in [6.45, 7) is 0.237. The SMILES string of the molecule is FC(F)(F)c1cc([B-](c2cc(C(F)(F)F)cc(C(F)(F)F)c2)(c2cc(C(F)(F)F)cc(C(F)(F)F)c2)c2cc(C(F)(F)F)cc(C(F)(F)F)c2)cc(C(F)(F)F)c1.O=C(C[n+]1ccnc(Oc2ccc3ccccc3c2)c1)c1ccccc1. The minimum Gasteiger partial charge on any atom is -0.434 e. The molecule has 438 valence electrons. The third-order valence-electron chi connectivity index (χ3n) is 12.5. The van der Waals surface area contributed by atoms with Gasteiger partial charge in [0.1, 0.15) is 11.9 Å². The van der Waals surface area contributed by atoms with Crippen LogP contribution in [-0.4, -0.2) is 16.9 Å². The standard InChI is InChI=1S/C32H12BF24.C22H17N2O2/c34-25(35,36)13-1-14(26(37,38)39)6-21(5-13)33(22-7-15(27(40,41)42)2-16(8-22)28(43,44)45,23-9-17(29(46,47)48)3-18(10-23)30(49,50)51)24-11-19(31(52,53)54)4-20(12-24)32(55,56)57;25-21(18-7-2-1-3-8-18)15-24-13-12-23-22(16-24)26-20-11-10-17-6-4-5-9-19(17)14-20/h1-12H;1-14,16H,15H2/q-1;+1. The molecule has 0 saturated carbocycles. The van der Waals surface area contributed by atoms with Gasteiger partial charge in [0, 0.05) is 5.56 Å². The van der Waals surface area contributed by atoms with Gasteiger partial charge in [0.05, 0.1) is 50.7 Å². The van der Waals surface area contributed by atoms with Crippen molar-refractivity contribution in [2.24, 2.45) is 0 Å². The van der Waals surface area contributed by atoms with Gasteiger partial charge in [-0.3, -0.25) is 4.79 Å². The van der Waals surface area contributed by atoms with Crippen LogP contribution in [0.2, 0.25) is 0 Å². The molecule has 0 amide bonds. The molecule has 8 aromatic rings. The Bertz CT molecular complexity index is 3230. The Morgan fingerprint density at radius 2 is 0.699 bits per heavy atom. The molecule has 1 heterocycles. The lowest BCUT2D eigenvalue weighted by atomic mass is 9.12. The summed E-state index contributed by atoms with van der Waals surface area (Å²) in [5.41, 5.74) is -29.5. The van der Waals surface area contributed by atoms with Gasteiger partial charge < -0.3 is 4.74 Å². The van der Waals surface area contributed by atoms with E-state index in [0.29, 0.717) is 17.2 Å². The smallest absolute Gasteiger partial charge is 0.416 e. The number of nitrogens with zero attached hydrogens (tertiary/aromatic N) is 2. The number of aromatic nitrogens is 2. The molecule has 4 nitrogen and oxygen atoms in total. The zero-order valence-electron chi connectivity index (χ0n) is 40.7. The van der Waals surface area contributed by atoms with Crippen LogP contribution >= 0.6 is 0 Å². The number of fused-ring (bicyclic) bond motifs is 1. The topological polar surface area (TPSA) is 43.1 Å². The largest absolute Gasteiger partial charge is 0.434 e. The Labute approximate surface area is 450 Å². The van der Waals surface area contributed by atoms with Gasteiger partial charge in [0.15, 0.2) is 6.20 Å². The molecular formula is C54H29BF24N2O2. The summed E-state index contributed by atoms with van der Waals surface area (Å²) in [5.74, 6) is 1.20. The van der Waals surface area contributed by atoms with E-state index in [2.05, 4.69) is 11.1 Å². The van der Waals surface area contributed by atoms with Gasteiger partial charge >= 0.3 is 49.4 Å². The molecule has 0 saturated heterocycles. The van der Waals surface area contributed by atoms with Gasteiger partial charge in [-0.2, -0.15) is 132 Å². The Morgan fingerprint density at radius 1 is 0.386 bits per heavy atom. The fourth-order valence-electron chi connectivity index (χ4n) is 8.87. The molecular weight excluding hydrogens is 1180 g/mol. The van der Waals surface area contributed by atoms with Crippen molar-refractivity contribution in [3.63, 3.8) is 0 Å². The van der Waals surface area contributed by atoms with Crippen LogP contribution in [0.15, 0.2) is 164 Å². The van der Waals surface area contributed by atoms with Gasteiger partial charge in [-0.15, -0.1) is 0 Å². The molecule has 0 fully saturated rings. The second kappa shape index (κ2) is 22.1. The van der Waals surface area contributed by atoms with Gasteiger partial charge in [0.25, 0.3) is 5.88 Å². The number of ether oxygens (including phenoxy) is 1. The first-order chi connectivity index (χ1) is 38.0. The van der Waals surface area contributed by atoms with E-state index in [4.69, 9.17) is 4.74 Å². The van der Waals surface area contributed by atoms with E-state index in [-0.39, 0.29) is 12.3 Å². The summed E-state index contributed by atoms with van der Waals surface area (Å²) in [6, 6.07) is 14.4. The Kier molecular flexibility index (Phi) is 16.6. The minimum atomic E-state index is -6.13. The zero-order valence-corrected chi connectivity index (χ0v) is 40.7. The maximum atomic E-state index is 14.2. The second-order valence-electron chi connectivity index (χ2n) is 18.2. The van der Waals surface area contributed by atoms with Crippen molar-refractivity contribution in [2.45, 2.75) is 56.0 Å². The number of benzene rings is 7. The Balaban J connectivity index is 0.000000313. The van der Waals surface area contributed by atoms with Crippen LogP contribution in [0.1, 0.15) is 54.9 Å². The third-order valence-corrected chi connectivity index (χ3v) is 12.5. The molecule has 7 aromatic carbocycles. The van der Waals surface area contributed by atoms with E-state index < -0.39 is 195 Å². The van der Waals surface area contributed by atoms with Crippen LogP contribution in [0, 0.1) is 0 Å². The van der Waals surface area contributed by atoms with Crippen LogP contribution in [0.5, 0.6) is 11.6 Å². The maximum Gasteiger partial charge on any atom is 0.416 e. The fraction of sp³-hybridized carbons (Fsp3) is 0.167. The summed E-state index contributed by atoms with van der Waals surface area (Å²) in [4.78, 5) is 16.6. The average Bonchev–Trinajstić information content (AvgIpc) is 1.00. The first kappa shape index (κ1) is 62.3. The third kappa shape index (κ3) is 14.5. The number of carbonyl (C=O) groups is 1. The van der Waals surface area contributed by atoms with Gasteiger partial charge in [-0.1, -0.05) is 109 Å². The van der Waals surface area contributed by atoms with Crippen molar-refractivity contribution in [3.05, 3.63) is 214 Å². The van der Waals surface area contributed by atoms with Crippen molar-refractivity contribution in [2.75, 3.05) is 0 Å². The molecule has 83 heavy (non-hydrogen) atoms. The van der Waals surface area contributed by atoms with Crippen molar-refractivity contribution in [1.29, 1.82) is 0 Å². The van der Waals surface area contributed by atoms with Crippen LogP contribution in [0.4, 0.5) is 105 Å². The van der Waals surface area contributed by atoms with E-state index in [1.807, 2.05) is 66.7 Å². The predicted molar refractivity (Wildman–Crippen MR) is 249 cm³/mol. The van der Waals surface area contributed by atoms with Crippen LogP contribution in [0.25, 0.3) is 10.8 Å². The van der Waals surface area contributed by atoms with E-state index in [1.54, 1.807) is 23.2 Å². The fourth-order valence-corrected chi connectivity index (χ4v) is 8.87. The molecule has 0 aliphatic carbocycles. The van der Waals surface area contributed by atoms with Crippen LogP contribution in [0.3, 0.4) is 0 Å². The van der Waals surface area contributed by atoms with Crippen LogP contribution in [-0.2, 0) is 56.0 Å². The summed E-state index contributed by atoms with van der Waals surface area (Å²) in [6.07, 6.45) is -49.7. The highest BCUT2D eigenvalue weighted by atomic mass is 19.4. The molecule has 0 spiro atoms. The summed E-state index contributed by atoms with van der Waals surface area (Å²) < 4.78 is 348. The average molecular weight is 1200 g/mol. The van der Waals surface area contributed by atoms with Gasteiger partial charge in [0.2, 0.25) is 18.5 Å². The molecule has 0 aliphatic heterocycles. The number of alkyl halides is 24. The summed E-state index contributed by atoms with van der Waals surface area (Å²) in [5, 5.41) is 2.26. The number of Topliss-reactive ketones (excluding diaryl/α,β-unsaturated/α-hetero) is 1. The highest BCUT2D eigenvalue weighted by Crippen LogP contribution is 2.42. The van der Waals surface area contributed by atoms with Gasteiger partial charge in [-0.05, 0) is 47.2 Å². The number of carbonyl (C=O) groups excluding carboxylic acids is 1. The monoisotopic (exact) mass is 1200 g/mol. The first-order valence-corrected chi connectivity index (χ1v) is 23.0. The minimum absolute atomic E-state index is 0.0402. The Morgan fingerprint density at radius 3 is 1.02 bits per heavy atom. The van der Waals surface area contributed by atoms with E-state index in [0.717, 1.165) is 10.8 Å². The van der Waals surface area contributed by atoms with E-state index >= 15 is 0 Å². The lowest BCUT2D eigenvalue weighted by Gasteiger charge is -2.46. The van der Waals surface area contributed by atoms with Crippen molar-refractivity contribution < 1.29 is 119 Å². The molecule has 29 heteroatoms. The highest BCUT2D eigenvalue weighted by Gasteiger charge is 2.47. The molecule has 0 aliphatic rings. The molecule has 0 unspecified atom stereocenters. The summed E-state index contributed by atoms with van der Waals surface area (Å²) >= 11 is 0. The number of hydrogen-bond donors (Lipinski definition) is 0.